The summed E-state index contributed by atoms with van der Waals surface area (Å²) in [5, 5.41) is 3.16. The van der Waals surface area contributed by atoms with Crippen molar-refractivity contribution in [3.63, 3.8) is 0 Å². The van der Waals surface area contributed by atoms with Crippen LogP contribution >= 0.6 is 11.8 Å². The maximum Gasteiger partial charge on any atom is 0.220 e. The molecule has 106 valence electrons. The molecular weight excluding hydrogens is 246 g/mol. The van der Waals surface area contributed by atoms with Gasteiger partial charge in [-0.2, -0.15) is 11.8 Å². The number of thioether (sulfide) groups is 1. The molecule has 1 fully saturated rings. The molecule has 0 aromatic rings. The van der Waals surface area contributed by atoms with E-state index in [1.807, 2.05) is 11.8 Å². The van der Waals surface area contributed by atoms with Crippen molar-refractivity contribution in [1.29, 1.82) is 0 Å². The van der Waals surface area contributed by atoms with Gasteiger partial charge in [0.15, 0.2) is 0 Å². The van der Waals surface area contributed by atoms with Crippen LogP contribution in [-0.4, -0.2) is 35.2 Å². The van der Waals surface area contributed by atoms with E-state index in [1.54, 1.807) is 0 Å². The van der Waals surface area contributed by atoms with Gasteiger partial charge < -0.3 is 10.1 Å². The molecule has 18 heavy (non-hydrogen) atoms. The Morgan fingerprint density at radius 3 is 2.50 bits per heavy atom. The third-order valence-electron chi connectivity index (χ3n) is 3.12. The molecule has 0 radical (unpaired) electrons. The van der Waals surface area contributed by atoms with Crippen molar-refractivity contribution in [3.8, 4) is 0 Å². The second-order valence-corrected chi connectivity index (χ2v) is 8.21. The zero-order chi connectivity index (χ0) is 13.6. The number of hydrogen-bond donors (Lipinski definition) is 1. The summed E-state index contributed by atoms with van der Waals surface area (Å²) in [5.74, 6) is 1.24. The van der Waals surface area contributed by atoms with Crippen LogP contribution in [0.3, 0.4) is 0 Å². The van der Waals surface area contributed by atoms with Crippen LogP contribution in [-0.2, 0) is 9.53 Å². The van der Waals surface area contributed by atoms with Gasteiger partial charge >= 0.3 is 0 Å². The fraction of sp³-hybridized carbons (Fsp3) is 0.929. The van der Waals surface area contributed by atoms with Crippen molar-refractivity contribution in [1.82, 2.24) is 5.32 Å². The maximum absolute atomic E-state index is 11.9. The lowest BCUT2D eigenvalue weighted by Crippen LogP contribution is -2.49. The number of nitrogens with one attached hydrogen (secondary N) is 1. The SMILES string of the molecule is CC1(NC(=O)CCCSC(C)(C)C)CCOCC1. The average molecular weight is 273 g/mol. The Bertz CT molecular complexity index is 267. The van der Waals surface area contributed by atoms with Crippen molar-refractivity contribution in [3.05, 3.63) is 0 Å². The number of amides is 1. The molecule has 0 spiro atoms. The summed E-state index contributed by atoms with van der Waals surface area (Å²) in [6.07, 6.45) is 3.45. The van der Waals surface area contributed by atoms with Gasteiger partial charge in [-0.1, -0.05) is 20.8 Å². The number of ether oxygens (including phenoxy) is 1. The molecule has 0 atom stereocenters. The molecule has 0 bridgehead atoms. The van der Waals surface area contributed by atoms with Crippen molar-refractivity contribution in [2.75, 3.05) is 19.0 Å². The molecule has 0 unspecified atom stereocenters. The van der Waals surface area contributed by atoms with Gasteiger partial charge in [0.05, 0.1) is 0 Å². The maximum atomic E-state index is 11.9. The number of hydrogen-bond acceptors (Lipinski definition) is 3. The Morgan fingerprint density at radius 1 is 1.33 bits per heavy atom. The summed E-state index contributed by atoms with van der Waals surface area (Å²) in [5.41, 5.74) is -0.0491. The molecular formula is C14H27NO2S. The normalized spacial score (nSPS) is 19.6. The van der Waals surface area contributed by atoms with E-state index in [2.05, 4.69) is 33.0 Å². The van der Waals surface area contributed by atoms with Crippen LogP contribution in [0.4, 0.5) is 0 Å². The molecule has 0 aromatic carbocycles. The first-order chi connectivity index (χ1) is 8.31. The second kappa shape index (κ2) is 6.80. The van der Waals surface area contributed by atoms with Crippen molar-refractivity contribution >= 4 is 17.7 Å². The molecule has 1 saturated heterocycles. The molecule has 1 N–H and O–H groups in total. The van der Waals surface area contributed by atoms with Crippen LogP contribution in [0.15, 0.2) is 0 Å². The highest BCUT2D eigenvalue weighted by atomic mass is 32.2. The minimum Gasteiger partial charge on any atom is -0.381 e. The first kappa shape index (κ1) is 15.8. The topological polar surface area (TPSA) is 38.3 Å². The monoisotopic (exact) mass is 273 g/mol. The number of rotatable bonds is 5. The van der Waals surface area contributed by atoms with Gasteiger partial charge in [-0.25, -0.2) is 0 Å². The van der Waals surface area contributed by atoms with Crippen molar-refractivity contribution < 1.29 is 9.53 Å². The molecule has 1 heterocycles. The molecule has 1 rings (SSSR count). The first-order valence-corrected chi connectivity index (χ1v) is 7.82. The van der Waals surface area contributed by atoms with Crippen LogP contribution in [0.5, 0.6) is 0 Å². The summed E-state index contributed by atoms with van der Waals surface area (Å²) in [6.45, 7) is 10.3. The van der Waals surface area contributed by atoms with E-state index in [9.17, 15) is 4.79 Å². The van der Waals surface area contributed by atoms with Crippen LogP contribution in [0.25, 0.3) is 0 Å². The Labute approximate surface area is 115 Å². The third-order valence-corrected chi connectivity index (χ3v) is 4.48. The zero-order valence-electron chi connectivity index (χ0n) is 12.2. The predicted molar refractivity (Wildman–Crippen MR) is 78.0 cm³/mol. The highest BCUT2D eigenvalue weighted by Gasteiger charge is 2.28. The summed E-state index contributed by atoms with van der Waals surface area (Å²) in [6, 6.07) is 0. The predicted octanol–water partition coefficient (Wildman–Crippen LogP) is 2.98. The van der Waals surface area contributed by atoms with Crippen LogP contribution < -0.4 is 5.32 Å². The van der Waals surface area contributed by atoms with Crippen molar-refractivity contribution in [2.24, 2.45) is 0 Å². The third kappa shape index (κ3) is 6.64. The Morgan fingerprint density at radius 2 is 1.94 bits per heavy atom. The molecule has 3 nitrogen and oxygen atoms in total. The molecule has 0 aromatic heterocycles. The summed E-state index contributed by atoms with van der Waals surface area (Å²) < 4.78 is 5.62. The molecule has 1 aliphatic rings. The van der Waals surface area contributed by atoms with E-state index in [-0.39, 0.29) is 11.4 Å². The fourth-order valence-electron chi connectivity index (χ4n) is 1.96. The zero-order valence-corrected chi connectivity index (χ0v) is 13.0. The molecule has 0 saturated carbocycles. The first-order valence-electron chi connectivity index (χ1n) is 6.83. The van der Waals surface area contributed by atoms with Gasteiger partial charge in [-0.15, -0.1) is 0 Å². The number of carbonyl (C=O) groups is 1. The smallest absolute Gasteiger partial charge is 0.220 e. The van der Waals surface area contributed by atoms with Gasteiger partial charge in [-0.3, -0.25) is 4.79 Å². The lowest BCUT2D eigenvalue weighted by atomic mass is 9.92. The van der Waals surface area contributed by atoms with Gasteiger partial charge in [0.1, 0.15) is 0 Å². The molecule has 0 aliphatic carbocycles. The lowest BCUT2D eigenvalue weighted by molar-refractivity contribution is -0.124. The van der Waals surface area contributed by atoms with E-state index in [0.717, 1.165) is 38.2 Å². The Kier molecular flexibility index (Phi) is 5.99. The van der Waals surface area contributed by atoms with Gasteiger partial charge in [0.2, 0.25) is 5.91 Å². The Balaban J connectivity index is 2.17. The van der Waals surface area contributed by atoms with E-state index in [0.29, 0.717) is 11.2 Å². The largest absolute Gasteiger partial charge is 0.381 e. The second-order valence-electron chi connectivity index (χ2n) is 6.29. The van der Waals surface area contributed by atoms with E-state index < -0.39 is 0 Å². The van der Waals surface area contributed by atoms with Crippen LogP contribution in [0.2, 0.25) is 0 Å². The highest BCUT2D eigenvalue weighted by molar-refractivity contribution is 8.00. The summed E-state index contributed by atoms with van der Waals surface area (Å²) >= 11 is 1.92. The van der Waals surface area contributed by atoms with Gasteiger partial charge in [0, 0.05) is 29.9 Å². The molecule has 4 heteroatoms. The minimum atomic E-state index is -0.0491. The van der Waals surface area contributed by atoms with Crippen molar-refractivity contribution in [2.45, 2.75) is 63.7 Å². The molecule has 1 amide bonds. The average Bonchev–Trinajstić information content (AvgIpc) is 2.23. The Hall–Kier alpha value is -0.220. The summed E-state index contributed by atoms with van der Waals surface area (Å²) in [7, 11) is 0. The van der Waals surface area contributed by atoms with E-state index in [4.69, 9.17) is 4.74 Å². The van der Waals surface area contributed by atoms with Crippen LogP contribution in [0, 0.1) is 0 Å². The fourth-order valence-corrected chi connectivity index (χ4v) is 2.86. The van der Waals surface area contributed by atoms with E-state index in [1.165, 1.54) is 0 Å². The number of carbonyl (C=O) groups excluding carboxylic acids is 1. The van der Waals surface area contributed by atoms with E-state index >= 15 is 0 Å². The minimum absolute atomic E-state index is 0.0491. The highest BCUT2D eigenvalue weighted by Crippen LogP contribution is 2.24. The lowest BCUT2D eigenvalue weighted by Gasteiger charge is -2.34. The van der Waals surface area contributed by atoms with Gasteiger partial charge in [0.25, 0.3) is 0 Å². The standard InChI is InChI=1S/C14H27NO2S/c1-13(2,3)18-11-5-6-12(16)15-14(4)7-9-17-10-8-14/h5-11H2,1-4H3,(H,15,16). The summed E-state index contributed by atoms with van der Waals surface area (Å²) in [4.78, 5) is 11.9. The van der Waals surface area contributed by atoms with Crippen LogP contribution in [0.1, 0.15) is 53.4 Å². The van der Waals surface area contributed by atoms with Gasteiger partial charge in [-0.05, 0) is 31.9 Å². The molecule has 1 aliphatic heterocycles. The quantitative estimate of drug-likeness (QED) is 0.783.